The predicted octanol–water partition coefficient (Wildman–Crippen LogP) is 2.04. The first-order valence-electron chi connectivity index (χ1n) is 6.61. The summed E-state index contributed by atoms with van der Waals surface area (Å²) < 4.78 is 26.7. The van der Waals surface area contributed by atoms with Gasteiger partial charge in [0, 0.05) is 13.1 Å². The Morgan fingerprint density at radius 1 is 1.21 bits per heavy atom. The van der Waals surface area contributed by atoms with Crippen molar-refractivity contribution in [2.45, 2.75) is 31.1 Å². The van der Waals surface area contributed by atoms with Crippen molar-refractivity contribution in [3.8, 4) is 0 Å². The summed E-state index contributed by atoms with van der Waals surface area (Å²) in [5.74, 6) is 0.457. The highest BCUT2D eigenvalue weighted by Crippen LogP contribution is 2.20. The van der Waals surface area contributed by atoms with E-state index in [-0.39, 0.29) is 0 Å². The van der Waals surface area contributed by atoms with E-state index in [4.69, 9.17) is 0 Å². The summed E-state index contributed by atoms with van der Waals surface area (Å²) in [6.45, 7) is 5.36. The SMILES string of the molecule is CC[C@@H](C)c1ccc(S(=O)(=O)NCCN(C)C)cc1. The Morgan fingerprint density at radius 2 is 1.79 bits per heavy atom. The minimum Gasteiger partial charge on any atom is -0.308 e. The van der Waals surface area contributed by atoms with Gasteiger partial charge in [-0.2, -0.15) is 0 Å². The van der Waals surface area contributed by atoms with Crippen LogP contribution in [0.4, 0.5) is 0 Å². The van der Waals surface area contributed by atoms with Gasteiger partial charge in [-0.05, 0) is 44.1 Å². The Kier molecular flexibility index (Phi) is 5.97. The number of likely N-dealkylation sites (N-methyl/N-ethyl adjacent to an activating group) is 1. The second-order valence-electron chi connectivity index (χ2n) is 5.08. The molecule has 0 fully saturated rings. The molecule has 0 aromatic heterocycles. The molecule has 0 spiro atoms. The van der Waals surface area contributed by atoms with Crippen molar-refractivity contribution in [3.05, 3.63) is 29.8 Å². The fourth-order valence-corrected chi connectivity index (χ4v) is 2.72. The molecule has 1 aromatic rings. The Bertz CT molecular complexity index is 481. The third-order valence-corrected chi connectivity index (χ3v) is 4.70. The van der Waals surface area contributed by atoms with E-state index in [0.717, 1.165) is 6.42 Å². The minimum atomic E-state index is -3.38. The molecule has 0 unspecified atom stereocenters. The molecule has 0 aliphatic heterocycles. The van der Waals surface area contributed by atoms with E-state index in [1.54, 1.807) is 12.1 Å². The van der Waals surface area contributed by atoms with Gasteiger partial charge in [-0.15, -0.1) is 0 Å². The molecular formula is C14H24N2O2S. The monoisotopic (exact) mass is 284 g/mol. The number of sulfonamides is 1. The van der Waals surface area contributed by atoms with Crippen molar-refractivity contribution in [3.63, 3.8) is 0 Å². The zero-order chi connectivity index (χ0) is 14.5. The van der Waals surface area contributed by atoms with Crippen LogP contribution < -0.4 is 4.72 Å². The standard InChI is InChI=1S/C14H24N2O2S/c1-5-12(2)13-6-8-14(9-7-13)19(17,18)15-10-11-16(3)4/h6-9,12,15H,5,10-11H2,1-4H3/t12-/m1/s1. The van der Waals surface area contributed by atoms with Crippen LogP contribution in [0.25, 0.3) is 0 Å². The molecular weight excluding hydrogens is 260 g/mol. The molecule has 1 rings (SSSR count). The second-order valence-corrected chi connectivity index (χ2v) is 6.85. The number of benzene rings is 1. The van der Waals surface area contributed by atoms with Crippen molar-refractivity contribution in [1.29, 1.82) is 0 Å². The highest BCUT2D eigenvalue weighted by molar-refractivity contribution is 7.89. The molecule has 108 valence electrons. The largest absolute Gasteiger partial charge is 0.308 e. The highest BCUT2D eigenvalue weighted by atomic mass is 32.2. The molecule has 0 aliphatic carbocycles. The summed E-state index contributed by atoms with van der Waals surface area (Å²) in [5.41, 5.74) is 1.18. The maximum absolute atomic E-state index is 12.0. The van der Waals surface area contributed by atoms with Gasteiger partial charge in [-0.25, -0.2) is 13.1 Å². The van der Waals surface area contributed by atoms with Gasteiger partial charge in [0.1, 0.15) is 0 Å². The molecule has 1 N–H and O–H groups in total. The van der Waals surface area contributed by atoms with Crippen molar-refractivity contribution >= 4 is 10.0 Å². The van der Waals surface area contributed by atoms with Crippen molar-refractivity contribution < 1.29 is 8.42 Å². The molecule has 0 saturated carbocycles. The Hall–Kier alpha value is -0.910. The van der Waals surface area contributed by atoms with Crippen LogP contribution in [0.2, 0.25) is 0 Å². The molecule has 0 amide bonds. The summed E-state index contributed by atoms with van der Waals surface area (Å²) in [7, 11) is 0.442. The minimum absolute atomic E-state index is 0.332. The van der Waals surface area contributed by atoms with E-state index in [0.29, 0.717) is 23.9 Å². The molecule has 4 nitrogen and oxygen atoms in total. The first-order valence-corrected chi connectivity index (χ1v) is 8.09. The van der Waals surface area contributed by atoms with E-state index in [2.05, 4.69) is 18.6 Å². The summed E-state index contributed by atoms with van der Waals surface area (Å²) >= 11 is 0. The van der Waals surface area contributed by atoms with Crippen molar-refractivity contribution in [1.82, 2.24) is 9.62 Å². The Balaban J connectivity index is 2.73. The molecule has 19 heavy (non-hydrogen) atoms. The second kappa shape index (κ2) is 7.03. The third-order valence-electron chi connectivity index (χ3n) is 3.22. The molecule has 0 aliphatic rings. The molecule has 5 heteroatoms. The molecule has 0 heterocycles. The quantitative estimate of drug-likeness (QED) is 0.833. The fraction of sp³-hybridized carbons (Fsp3) is 0.571. The highest BCUT2D eigenvalue weighted by Gasteiger charge is 2.13. The van der Waals surface area contributed by atoms with Crippen LogP contribution in [0, 0.1) is 0 Å². The van der Waals surface area contributed by atoms with Gasteiger partial charge < -0.3 is 4.90 Å². The fourth-order valence-electron chi connectivity index (χ4n) is 1.70. The van der Waals surface area contributed by atoms with E-state index in [1.165, 1.54) is 5.56 Å². The lowest BCUT2D eigenvalue weighted by Gasteiger charge is -2.12. The van der Waals surface area contributed by atoms with Gasteiger partial charge in [0.05, 0.1) is 4.90 Å². The van der Waals surface area contributed by atoms with Crippen LogP contribution in [-0.2, 0) is 10.0 Å². The number of nitrogens with zero attached hydrogens (tertiary/aromatic N) is 1. The summed E-state index contributed by atoms with van der Waals surface area (Å²) in [5, 5.41) is 0. The normalized spacial score (nSPS) is 13.7. The van der Waals surface area contributed by atoms with Crippen LogP contribution in [0.15, 0.2) is 29.2 Å². The third kappa shape index (κ3) is 4.93. The zero-order valence-corrected chi connectivity index (χ0v) is 13.0. The summed E-state index contributed by atoms with van der Waals surface area (Å²) in [6, 6.07) is 7.16. The zero-order valence-electron chi connectivity index (χ0n) is 12.2. The van der Waals surface area contributed by atoms with Crippen LogP contribution >= 0.6 is 0 Å². The van der Waals surface area contributed by atoms with Crippen molar-refractivity contribution in [2.24, 2.45) is 0 Å². The van der Waals surface area contributed by atoms with Crippen LogP contribution in [0.3, 0.4) is 0 Å². The number of hydrogen-bond donors (Lipinski definition) is 1. The average Bonchev–Trinajstić information content (AvgIpc) is 2.37. The maximum Gasteiger partial charge on any atom is 0.240 e. The van der Waals surface area contributed by atoms with Gasteiger partial charge in [0.2, 0.25) is 10.0 Å². The first kappa shape index (κ1) is 16.1. The lowest BCUT2D eigenvalue weighted by atomic mass is 9.99. The topological polar surface area (TPSA) is 49.4 Å². The van der Waals surface area contributed by atoms with E-state index in [1.807, 2.05) is 31.1 Å². The predicted molar refractivity (Wildman–Crippen MR) is 78.9 cm³/mol. The lowest BCUT2D eigenvalue weighted by molar-refractivity contribution is 0.412. The van der Waals surface area contributed by atoms with Crippen LogP contribution in [0.1, 0.15) is 31.7 Å². The van der Waals surface area contributed by atoms with Gasteiger partial charge in [-0.3, -0.25) is 0 Å². The van der Waals surface area contributed by atoms with Crippen LogP contribution in [-0.4, -0.2) is 40.5 Å². The average molecular weight is 284 g/mol. The van der Waals surface area contributed by atoms with Gasteiger partial charge in [0.25, 0.3) is 0 Å². The molecule has 0 radical (unpaired) electrons. The molecule has 1 atom stereocenters. The number of hydrogen-bond acceptors (Lipinski definition) is 3. The van der Waals surface area contributed by atoms with Crippen molar-refractivity contribution in [2.75, 3.05) is 27.2 Å². The number of rotatable bonds is 7. The smallest absolute Gasteiger partial charge is 0.240 e. The first-order chi connectivity index (χ1) is 8.86. The Labute approximate surface area is 116 Å². The molecule has 0 saturated heterocycles. The van der Waals surface area contributed by atoms with E-state index < -0.39 is 10.0 Å². The maximum atomic E-state index is 12.0. The molecule has 1 aromatic carbocycles. The Morgan fingerprint density at radius 3 is 2.26 bits per heavy atom. The van der Waals surface area contributed by atoms with Crippen LogP contribution in [0.5, 0.6) is 0 Å². The van der Waals surface area contributed by atoms with Gasteiger partial charge >= 0.3 is 0 Å². The summed E-state index contributed by atoms with van der Waals surface area (Å²) in [6.07, 6.45) is 1.05. The van der Waals surface area contributed by atoms with E-state index >= 15 is 0 Å². The number of nitrogens with one attached hydrogen (secondary N) is 1. The van der Waals surface area contributed by atoms with Gasteiger partial charge in [-0.1, -0.05) is 26.0 Å². The molecule has 0 bridgehead atoms. The lowest BCUT2D eigenvalue weighted by Crippen LogP contribution is -2.31. The summed E-state index contributed by atoms with van der Waals surface area (Å²) in [4.78, 5) is 2.27. The van der Waals surface area contributed by atoms with E-state index in [9.17, 15) is 8.42 Å². The van der Waals surface area contributed by atoms with Gasteiger partial charge in [0.15, 0.2) is 0 Å².